The Bertz CT molecular complexity index is 801. The zero-order valence-electron chi connectivity index (χ0n) is 11.7. The molecule has 0 radical (unpaired) electrons. The number of hydrogen-bond donors (Lipinski definition) is 2. The Hall–Kier alpha value is -2.03. The first-order valence-electron chi connectivity index (χ1n) is 7.06. The molecule has 1 aliphatic rings. The van der Waals surface area contributed by atoms with Gasteiger partial charge in [0, 0.05) is 17.1 Å². The van der Waals surface area contributed by atoms with Gasteiger partial charge in [-0.1, -0.05) is 0 Å². The summed E-state index contributed by atoms with van der Waals surface area (Å²) in [7, 11) is 0. The fraction of sp³-hybridized carbons (Fsp3) is 0.357. The van der Waals surface area contributed by atoms with Gasteiger partial charge in [-0.25, -0.2) is 14.5 Å². The summed E-state index contributed by atoms with van der Waals surface area (Å²) in [6.07, 6.45) is 4.67. The van der Waals surface area contributed by atoms with Gasteiger partial charge in [0.15, 0.2) is 5.82 Å². The number of hydrogen-bond acceptors (Lipinski definition) is 7. The Labute approximate surface area is 130 Å². The highest BCUT2D eigenvalue weighted by Crippen LogP contribution is 2.38. The predicted octanol–water partition coefficient (Wildman–Crippen LogP) is 1.65. The van der Waals surface area contributed by atoms with Crippen molar-refractivity contribution in [3.05, 3.63) is 29.7 Å². The second kappa shape index (κ2) is 5.31. The van der Waals surface area contributed by atoms with Crippen LogP contribution >= 0.6 is 11.3 Å². The molecule has 22 heavy (non-hydrogen) atoms. The van der Waals surface area contributed by atoms with Gasteiger partial charge in [0.05, 0.1) is 18.4 Å². The van der Waals surface area contributed by atoms with Crippen LogP contribution in [-0.4, -0.2) is 37.4 Å². The van der Waals surface area contributed by atoms with E-state index in [0.717, 1.165) is 34.6 Å². The third kappa shape index (κ3) is 2.07. The van der Waals surface area contributed by atoms with E-state index in [1.165, 1.54) is 6.33 Å². The molecule has 114 valence electrons. The van der Waals surface area contributed by atoms with Crippen LogP contribution in [0.5, 0.6) is 0 Å². The molecule has 2 atom stereocenters. The molecule has 4 rings (SSSR count). The van der Waals surface area contributed by atoms with E-state index in [2.05, 4.69) is 15.1 Å². The SMILES string of the molecule is Nc1ncnn2c(C3CCC(CO)O3)cc(-c3nccs3)c12. The summed E-state index contributed by atoms with van der Waals surface area (Å²) >= 11 is 1.54. The van der Waals surface area contributed by atoms with Crippen LogP contribution < -0.4 is 5.73 Å². The van der Waals surface area contributed by atoms with Gasteiger partial charge in [0.1, 0.15) is 23.0 Å². The molecule has 0 bridgehead atoms. The maximum absolute atomic E-state index is 9.26. The van der Waals surface area contributed by atoms with Crippen molar-refractivity contribution in [2.75, 3.05) is 12.3 Å². The highest BCUT2D eigenvalue weighted by Gasteiger charge is 2.30. The first-order valence-corrected chi connectivity index (χ1v) is 7.94. The van der Waals surface area contributed by atoms with Crippen molar-refractivity contribution < 1.29 is 9.84 Å². The maximum atomic E-state index is 9.26. The first kappa shape index (κ1) is 13.6. The molecule has 0 aliphatic carbocycles. The zero-order chi connectivity index (χ0) is 15.1. The van der Waals surface area contributed by atoms with Gasteiger partial charge in [-0.3, -0.25) is 0 Å². The lowest BCUT2D eigenvalue weighted by atomic mass is 10.1. The fourth-order valence-corrected chi connectivity index (χ4v) is 3.55. The Balaban J connectivity index is 1.88. The summed E-state index contributed by atoms with van der Waals surface area (Å²) in [5, 5.41) is 16.4. The van der Waals surface area contributed by atoms with E-state index in [0.29, 0.717) is 5.82 Å². The number of nitrogens with zero attached hydrogens (tertiary/aromatic N) is 4. The molecule has 8 heteroatoms. The molecule has 3 N–H and O–H groups in total. The number of aliphatic hydroxyl groups is 1. The first-order chi connectivity index (χ1) is 10.8. The summed E-state index contributed by atoms with van der Waals surface area (Å²) in [6.45, 7) is 0.0380. The number of anilines is 1. The van der Waals surface area contributed by atoms with Crippen LogP contribution in [0.4, 0.5) is 5.82 Å². The Kier molecular flexibility index (Phi) is 3.29. The van der Waals surface area contributed by atoms with Gasteiger partial charge < -0.3 is 15.6 Å². The molecular formula is C14H15N5O2S. The smallest absolute Gasteiger partial charge is 0.152 e. The normalized spacial score (nSPS) is 21.7. The molecule has 1 aliphatic heterocycles. The Morgan fingerprint density at radius 3 is 3.05 bits per heavy atom. The standard InChI is InChI=1S/C14H15N5O2S/c15-13-12-9(14-16-3-4-22-14)5-10(19(12)18-7-17-13)11-2-1-8(6-20)21-11/h3-5,7-8,11,20H,1-2,6H2,(H2,15,17,18). The molecule has 1 fully saturated rings. The van der Waals surface area contributed by atoms with Gasteiger partial charge in [0.2, 0.25) is 0 Å². The van der Waals surface area contributed by atoms with E-state index in [1.54, 1.807) is 22.0 Å². The van der Waals surface area contributed by atoms with E-state index in [-0.39, 0.29) is 18.8 Å². The topological polar surface area (TPSA) is 98.6 Å². The minimum absolute atomic E-state index is 0.0380. The Morgan fingerprint density at radius 2 is 2.32 bits per heavy atom. The monoisotopic (exact) mass is 317 g/mol. The second-order valence-electron chi connectivity index (χ2n) is 5.23. The number of aliphatic hydroxyl groups excluding tert-OH is 1. The van der Waals surface area contributed by atoms with E-state index >= 15 is 0 Å². The van der Waals surface area contributed by atoms with Crippen LogP contribution in [0.15, 0.2) is 24.0 Å². The summed E-state index contributed by atoms with van der Waals surface area (Å²) in [6, 6.07) is 2.02. The highest BCUT2D eigenvalue weighted by molar-refractivity contribution is 7.13. The largest absolute Gasteiger partial charge is 0.394 e. The predicted molar refractivity (Wildman–Crippen MR) is 82.4 cm³/mol. The van der Waals surface area contributed by atoms with Gasteiger partial charge in [-0.15, -0.1) is 11.3 Å². The van der Waals surface area contributed by atoms with Gasteiger partial charge in [0.25, 0.3) is 0 Å². The number of rotatable bonds is 3. The molecular weight excluding hydrogens is 302 g/mol. The molecule has 7 nitrogen and oxygen atoms in total. The van der Waals surface area contributed by atoms with Gasteiger partial charge >= 0.3 is 0 Å². The average Bonchev–Trinajstić information content (AvgIpc) is 3.26. The lowest BCUT2D eigenvalue weighted by Gasteiger charge is -2.11. The number of nitrogen functional groups attached to an aromatic ring is 1. The molecule has 4 heterocycles. The second-order valence-corrected chi connectivity index (χ2v) is 6.13. The van der Waals surface area contributed by atoms with E-state index in [9.17, 15) is 5.11 Å². The molecule has 2 unspecified atom stereocenters. The van der Waals surface area contributed by atoms with E-state index < -0.39 is 0 Å². The molecule has 0 amide bonds. The summed E-state index contributed by atoms with van der Waals surface area (Å²) < 4.78 is 7.67. The third-order valence-electron chi connectivity index (χ3n) is 3.91. The van der Waals surface area contributed by atoms with Gasteiger partial charge in [-0.05, 0) is 18.9 Å². The van der Waals surface area contributed by atoms with Crippen molar-refractivity contribution in [3.8, 4) is 10.6 Å². The van der Waals surface area contributed by atoms with E-state index in [1.807, 2.05) is 11.4 Å². The van der Waals surface area contributed by atoms with Crippen LogP contribution in [0.25, 0.3) is 16.1 Å². The number of thiazole rings is 1. The number of fused-ring (bicyclic) bond motifs is 1. The number of ether oxygens (including phenoxy) is 1. The van der Waals surface area contributed by atoms with Crippen molar-refractivity contribution in [2.24, 2.45) is 0 Å². The van der Waals surface area contributed by atoms with Crippen molar-refractivity contribution in [2.45, 2.75) is 25.0 Å². The van der Waals surface area contributed by atoms with Crippen LogP contribution in [0.3, 0.4) is 0 Å². The highest BCUT2D eigenvalue weighted by atomic mass is 32.1. The van der Waals surface area contributed by atoms with Crippen LogP contribution in [-0.2, 0) is 4.74 Å². The van der Waals surface area contributed by atoms with Crippen molar-refractivity contribution >= 4 is 22.7 Å². The van der Waals surface area contributed by atoms with Crippen molar-refractivity contribution in [1.29, 1.82) is 0 Å². The lowest BCUT2D eigenvalue weighted by Crippen LogP contribution is -2.12. The molecule has 0 aromatic carbocycles. The van der Waals surface area contributed by atoms with E-state index in [4.69, 9.17) is 10.5 Å². The van der Waals surface area contributed by atoms with Gasteiger partial charge in [-0.2, -0.15) is 5.10 Å². The lowest BCUT2D eigenvalue weighted by molar-refractivity contribution is 0.00856. The van der Waals surface area contributed by atoms with Crippen molar-refractivity contribution in [1.82, 2.24) is 19.6 Å². The summed E-state index contributed by atoms with van der Waals surface area (Å²) in [4.78, 5) is 8.45. The summed E-state index contributed by atoms with van der Waals surface area (Å²) in [5.74, 6) is 0.420. The maximum Gasteiger partial charge on any atom is 0.152 e. The van der Waals surface area contributed by atoms with Crippen LogP contribution in [0, 0.1) is 0 Å². The van der Waals surface area contributed by atoms with Crippen molar-refractivity contribution in [3.63, 3.8) is 0 Å². The fourth-order valence-electron chi connectivity index (χ4n) is 2.90. The number of nitrogens with two attached hydrogens (primary N) is 1. The van der Waals surface area contributed by atoms with Crippen LogP contribution in [0.1, 0.15) is 24.6 Å². The third-order valence-corrected chi connectivity index (χ3v) is 4.72. The Morgan fingerprint density at radius 1 is 1.41 bits per heavy atom. The minimum Gasteiger partial charge on any atom is -0.394 e. The van der Waals surface area contributed by atoms with Crippen LogP contribution in [0.2, 0.25) is 0 Å². The number of aromatic nitrogens is 4. The zero-order valence-corrected chi connectivity index (χ0v) is 12.5. The quantitative estimate of drug-likeness (QED) is 0.762. The minimum atomic E-state index is -0.113. The molecule has 0 saturated carbocycles. The molecule has 0 spiro atoms. The molecule has 3 aromatic rings. The molecule has 3 aromatic heterocycles. The molecule has 1 saturated heterocycles. The summed E-state index contributed by atoms with van der Waals surface area (Å²) in [5.41, 5.74) is 8.64. The average molecular weight is 317 g/mol.